The van der Waals surface area contributed by atoms with Crippen molar-refractivity contribution in [2.24, 2.45) is 7.05 Å². The van der Waals surface area contributed by atoms with E-state index >= 15 is 0 Å². The quantitative estimate of drug-likeness (QED) is 0.627. The first-order valence-corrected chi connectivity index (χ1v) is 6.19. The highest BCUT2D eigenvalue weighted by molar-refractivity contribution is 5.90. The third-order valence-electron chi connectivity index (χ3n) is 3.12. The van der Waals surface area contributed by atoms with Gasteiger partial charge in [0.25, 0.3) is 0 Å². The van der Waals surface area contributed by atoms with Gasteiger partial charge in [-0.05, 0) is 18.6 Å². The number of fused-ring (bicyclic) bond motifs is 1. The fraction of sp³-hybridized carbons (Fsp3) is 0.231. The number of hydrogen-bond acceptors (Lipinski definition) is 4. The minimum Gasteiger partial charge on any atom is -0.397 e. The lowest BCUT2D eigenvalue weighted by Crippen LogP contribution is -1.97. The SMILES string of the molecule is CCc1nn(C)cc1Nc1cc2[nH]ncc2cc1N. The summed E-state index contributed by atoms with van der Waals surface area (Å²) in [7, 11) is 1.91. The van der Waals surface area contributed by atoms with Crippen molar-refractivity contribution in [3.63, 3.8) is 0 Å². The molecule has 6 heteroatoms. The second kappa shape index (κ2) is 4.31. The number of rotatable bonds is 3. The normalized spacial score (nSPS) is 11.1. The molecule has 0 aliphatic carbocycles. The maximum Gasteiger partial charge on any atom is 0.0856 e. The number of hydrogen-bond donors (Lipinski definition) is 3. The highest BCUT2D eigenvalue weighted by atomic mass is 15.3. The molecule has 0 bridgehead atoms. The van der Waals surface area contributed by atoms with E-state index in [2.05, 4.69) is 27.5 Å². The van der Waals surface area contributed by atoms with Crippen LogP contribution < -0.4 is 11.1 Å². The van der Waals surface area contributed by atoms with Crippen LogP contribution in [0.4, 0.5) is 17.1 Å². The van der Waals surface area contributed by atoms with Crippen molar-refractivity contribution in [2.45, 2.75) is 13.3 Å². The standard InChI is InChI=1S/C13H16N6/c1-3-10-13(7-19(2)18-10)16-12-5-11-8(4-9(12)14)6-15-17-11/h4-7,16H,3,14H2,1-2H3,(H,15,17). The maximum absolute atomic E-state index is 6.06. The predicted molar refractivity (Wildman–Crippen MR) is 76.4 cm³/mol. The van der Waals surface area contributed by atoms with Crippen LogP contribution in [0.25, 0.3) is 10.9 Å². The molecule has 0 amide bonds. The number of H-pyrrole nitrogens is 1. The molecule has 0 radical (unpaired) electrons. The largest absolute Gasteiger partial charge is 0.397 e. The molecule has 0 aliphatic heterocycles. The Kier molecular flexibility index (Phi) is 2.63. The van der Waals surface area contributed by atoms with Crippen LogP contribution in [0, 0.1) is 0 Å². The summed E-state index contributed by atoms with van der Waals surface area (Å²) in [4.78, 5) is 0. The second-order valence-corrected chi connectivity index (χ2v) is 4.54. The van der Waals surface area contributed by atoms with Gasteiger partial charge < -0.3 is 11.1 Å². The minimum absolute atomic E-state index is 0.694. The molecule has 1 aromatic carbocycles. The highest BCUT2D eigenvalue weighted by Gasteiger charge is 2.09. The minimum atomic E-state index is 0.694. The Morgan fingerprint density at radius 1 is 1.37 bits per heavy atom. The Morgan fingerprint density at radius 2 is 2.21 bits per heavy atom. The number of aryl methyl sites for hydroxylation is 2. The van der Waals surface area contributed by atoms with Gasteiger partial charge >= 0.3 is 0 Å². The molecule has 2 heterocycles. The smallest absolute Gasteiger partial charge is 0.0856 e. The van der Waals surface area contributed by atoms with Crippen molar-refractivity contribution >= 4 is 28.0 Å². The number of benzene rings is 1. The van der Waals surface area contributed by atoms with Gasteiger partial charge in [-0.2, -0.15) is 10.2 Å². The fourth-order valence-corrected chi connectivity index (χ4v) is 2.16. The lowest BCUT2D eigenvalue weighted by Gasteiger charge is -2.08. The lowest BCUT2D eigenvalue weighted by molar-refractivity contribution is 0.746. The predicted octanol–water partition coefficient (Wildman–Crippen LogP) is 2.18. The average Bonchev–Trinajstić information content (AvgIpc) is 2.96. The molecule has 0 spiro atoms. The van der Waals surface area contributed by atoms with Crippen LogP contribution in [-0.2, 0) is 13.5 Å². The number of nitrogens with zero attached hydrogens (tertiary/aromatic N) is 3. The number of nitrogen functional groups attached to an aromatic ring is 1. The van der Waals surface area contributed by atoms with Gasteiger partial charge in [-0.1, -0.05) is 6.92 Å². The van der Waals surface area contributed by atoms with Gasteiger partial charge in [-0.15, -0.1) is 0 Å². The molecular formula is C13H16N6. The molecule has 3 rings (SSSR count). The summed E-state index contributed by atoms with van der Waals surface area (Å²) < 4.78 is 1.80. The third-order valence-corrected chi connectivity index (χ3v) is 3.12. The number of nitrogens with one attached hydrogen (secondary N) is 2. The van der Waals surface area contributed by atoms with E-state index in [1.54, 1.807) is 10.9 Å². The molecule has 98 valence electrons. The third kappa shape index (κ3) is 2.01. The summed E-state index contributed by atoms with van der Waals surface area (Å²) in [6.45, 7) is 2.08. The first-order valence-electron chi connectivity index (χ1n) is 6.19. The summed E-state index contributed by atoms with van der Waals surface area (Å²) in [5.74, 6) is 0. The summed E-state index contributed by atoms with van der Waals surface area (Å²) in [5, 5.41) is 15.7. The van der Waals surface area contributed by atoms with Crippen LogP contribution in [0.5, 0.6) is 0 Å². The van der Waals surface area contributed by atoms with Gasteiger partial charge in [0.15, 0.2) is 0 Å². The van der Waals surface area contributed by atoms with E-state index in [9.17, 15) is 0 Å². The summed E-state index contributed by atoms with van der Waals surface area (Å²) in [5.41, 5.74) is 10.6. The van der Waals surface area contributed by atoms with Gasteiger partial charge in [-0.3, -0.25) is 9.78 Å². The maximum atomic E-state index is 6.06. The number of nitrogens with two attached hydrogens (primary N) is 1. The molecule has 6 nitrogen and oxygen atoms in total. The number of anilines is 3. The molecule has 0 saturated carbocycles. The van der Waals surface area contributed by atoms with Crippen molar-refractivity contribution in [1.82, 2.24) is 20.0 Å². The first-order chi connectivity index (χ1) is 9.17. The van der Waals surface area contributed by atoms with Gasteiger partial charge in [0, 0.05) is 18.6 Å². The van der Waals surface area contributed by atoms with Crippen molar-refractivity contribution in [1.29, 1.82) is 0 Å². The van der Waals surface area contributed by atoms with E-state index in [-0.39, 0.29) is 0 Å². The lowest BCUT2D eigenvalue weighted by atomic mass is 10.2. The Morgan fingerprint density at radius 3 is 3.00 bits per heavy atom. The highest BCUT2D eigenvalue weighted by Crippen LogP contribution is 2.28. The number of aromatic nitrogens is 4. The fourth-order valence-electron chi connectivity index (χ4n) is 2.16. The molecule has 0 saturated heterocycles. The zero-order valence-electron chi connectivity index (χ0n) is 10.9. The molecule has 0 fully saturated rings. The Hall–Kier alpha value is -2.50. The van der Waals surface area contributed by atoms with Crippen molar-refractivity contribution in [3.05, 3.63) is 30.2 Å². The monoisotopic (exact) mass is 256 g/mol. The second-order valence-electron chi connectivity index (χ2n) is 4.54. The molecule has 3 aromatic rings. The van der Waals surface area contributed by atoms with E-state index in [1.807, 2.05) is 25.4 Å². The first kappa shape index (κ1) is 11.6. The summed E-state index contributed by atoms with van der Waals surface area (Å²) >= 11 is 0. The van der Waals surface area contributed by atoms with Gasteiger partial charge in [0.05, 0.1) is 34.5 Å². The molecule has 0 atom stereocenters. The topological polar surface area (TPSA) is 84.5 Å². The molecule has 0 aliphatic rings. The van der Waals surface area contributed by atoms with Crippen LogP contribution in [0.15, 0.2) is 24.5 Å². The summed E-state index contributed by atoms with van der Waals surface area (Å²) in [6, 6.07) is 3.87. The van der Waals surface area contributed by atoms with Crippen molar-refractivity contribution in [2.75, 3.05) is 11.1 Å². The van der Waals surface area contributed by atoms with Crippen LogP contribution >= 0.6 is 0 Å². The summed E-state index contributed by atoms with van der Waals surface area (Å²) in [6.07, 6.45) is 4.59. The molecule has 2 aromatic heterocycles. The van der Waals surface area contributed by atoms with E-state index in [0.717, 1.165) is 34.4 Å². The number of aromatic amines is 1. The molecule has 19 heavy (non-hydrogen) atoms. The van der Waals surface area contributed by atoms with E-state index < -0.39 is 0 Å². The van der Waals surface area contributed by atoms with Crippen LogP contribution in [-0.4, -0.2) is 20.0 Å². The zero-order chi connectivity index (χ0) is 13.4. The average molecular weight is 256 g/mol. The van der Waals surface area contributed by atoms with Crippen LogP contribution in [0.3, 0.4) is 0 Å². The Labute approximate surface area is 110 Å². The Bertz CT molecular complexity index is 724. The van der Waals surface area contributed by atoms with Crippen molar-refractivity contribution in [3.8, 4) is 0 Å². The van der Waals surface area contributed by atoms with Crippen LogP contribution in [0.1, 0.15) is 12.6 Å². The van der Waals surface area contributed by atoms with Crippen molar-refractivity contribution < 1.29 is 0 Å². The molecule has 4 N–H and O–H groups in total. The van der Waals surface area contributed by atoms with E-state index in [0.29, 0.717) is 5.69 Å². The van der Waals surface area contributed by atoms with Gasteiger partial charge in [0.2, 0.25) is 0 Å². The molecule has 0 unspecified atom stereocenters. The molecular weight excluding hydrogens is 240 g/mol. The zero-order valence-corrected chi connectivity index (χ0v) is 10.9. The van der Waals surface area contributed by atoms with Gasteiger partial charge in [-0.25, -0.2) is 0 Å². The van der Waals surface area contributed by atoms with Crippen LogP contribution in [0.2, 0.25) is 0 Å². The van der Waals surface area contributed by atoms with E-state index in [1.165, 1.54) is 0 Å². The van der Waals surface area contributed by atoms with Gasteiger partial charge in [0.1, 0.15) is 0 Å². The van der Waals surface area contributed by atoms with E-state index in [4.69, 9.17) is 5.73 Å². The Balaban J connectivity index is 2.02.